The Balaban J connectivity index is 2.06. The van der Waals surface area contributed by atoms with Gasteiger partial charge in [0.2, 0.25) is 0 Å². The van der Waals surface area contributed by atoms with Crippen LogP contribution in [0.25, 0.3) is 0 Å². The molecule has 0 aliphatic rings. The zero-order valence-electron chi connectivity index (χ0n) is 11.3. The van der Waals surface area contributed by atoms with E-state index in [0.29, 0.717) is 11.5 Å². The number of hydrogen-bond donors (Lipinski definition) is 1. The van der Waals surface area contributed by atoms with E-state index in [4.69, 9.17) is 0 Å². The average molecular weight is 254 g/mol. The second-order valence-corrected chi connectivity index (χ2v) is 4.63. The van der Waals surface area contributed by atoms with E-state index in [0.717, 1.165) is 12.1 Å². The van der Waals surface area contributed by atoms with E-state index in [2.05, 4.69) is 36.3 Å². The minimum Gasteiger partial charge on any atom is -0.322 e. The Kier molecular flexibility index (Phi) is 4.29. The average Bonchev–Trinajstić information content (AvgIpc) is 2.48. The molecular formula is C16H18N2O. The van der Waals surface area contributed by atoms with Crippen LogP contribution < -0.4 is 5.32 Å². The van der Waals surface area contributed by atoms with Gasteiger partial charge in [-0.2, -0.15) is 0 Å². The Morgan fingerprint density at radius 1 is 1.26 bits per heavy atom. The number of carbonyl (C=O) groups is 1. The first-order valence-corrected chi connectivity index (χ1v) is 6.52. The molecule has 0 fully saturated rings. The predicted octanol–water partition coefficient (Wildman–Crippen LogP) is 3.85. The van der Waals surface area contributed by atoms with Gasteiger partial charge in [0.05, 0.1) is 5.56 Å². The third kappa shape index (κ3) is 3.41. The summed E-state index contributed by atoms with van der Waals surface area (Å²) in [6.07, 6.45) is 4.32. The number of carbonyl (C=O) groups excluding carboxylic acids is 1. The van der Waals surface area contributed by atoms with Crippen LogP contribution in [0.5, 0.6) is 0 Å². The SMILES string of the molecule is CC[C@@H](C)c1ccc(NC(=O)c2cccnc2)cc1. The van der Waals surface area contributed by atoms with Crippen LogP contribution >= 0.6 is 0 Å². The summed E-state index contributed by atoms with van der Waals surface area (Å²) in [4.78, 5) is 15.9. The quantitative estimate of drug-likeness (QED) is 0.900. The van der Waals surface area contributed by atoms with Crippen LogP contribution in [-0.2, 0) is 0 Å². The summed E-state index contributed by atoms with van der Waals surface area (Å²) >= 11 is 0. The fourth-order valence-electron chi connectivity index (χ4n) is 1.83. The first kappa shape index (κ1) is 13.3. The maximum atomic E-state index is 11.9. The molecule has 1 aromatic heterocycles. The minimum atomic E-state index is -0.135. The third-order valence-corrected chi connectivity index (χ3v) is 3.27. The van der Waals surface area contributed by atoms with Crippen LogP contribution in [0.1, 0.15) is 42.1 Å². The summed E-state index contributed by atoms with van der Waals surface area (Å²) < 4.78 is 0. The molecule has 0 radical (unpaired) electrons. The normalized spacial score (nSPS) is 11.9. The van der Waals surface area contributed by atoms with Gasteiger partial charge in [-0.1, -0.05) is 26.0 Å². The molecule has 2 aromatic rings. The van der Waals surface area contributed by atoms with E-state index >= 15 is 0 Å². The van der Waals surface area contributed by atoms with Crippen LogP contribution in [0.15, 0.2) is 48.8 Å². The molecule has 1 N–H and O–H groups in total. The molecule has 1 heterocycles. The Morgan fingerprint density at radius 2 is 2.00 bits per heavy atom. The molecule has 0 bridgehead atoms. The minimum absolute atomic E-state index is 0.135. The Hall–Kier alpha value is -2.16. The number of rotatable bonds is 4. The Bertz CT molecular complexity index is 534. The molecule has 1 atom stereocenters. The largest absolute Gasteiger partial charge is 0.322 e. The number of nitrogens with one attached hydrogen (secondary N) is 1. The Morgan fingerprint density at radius 3 is 2.58 bits per heavy atom. The molecule has 1 aromatic carbocycles. The summed E-state index contributed by atoms with van der Waals surface area (Å²) in [5, 5.41) is 2.86. The third-order valence-electron chi connectivity index (χ3n) is 3.27. The molecular weight excluding hydrogens is 236 g/mol. The van der Waals surface area contributed by atoms with Gasteiger partial charge in [0, 0.05) is 18.1 Å². The fourth-order valence-corrected chi connectivity index (χ4v) is 1.83. The van der Waals surface area contributed by atoms with Gasteiger partial charge in [-0.15, -0.1) is 0 Å². The van der Waals surface area contributed by atoms with Gasteiger partial charge in [0.25, 0.3) is 5.91 Å². The highest BCUT2D eigenvalue weighted by Gasteiger charge is 2.06. The monoisotopic (exact) mass is 254 g/mol. The van der Waals surface area contributed by atoms with E-state index < -0.39 is 0 Å². The van der Waals surface area contributed by atoms with Gasteiger partial charge < -0.3 is 5.32 Å². The summed E-state index contributed by atoms with van der Waals surface area (Å²) in [7, 11) is 0. The lowest BCUT2D eigenvalue weighted by Gasteiger charge is -2.10. The molecule has 3 nitrogen and oxygen atoms in total. The maximum absolute atomic E-state index is 11.9. The van der Waals surface area contributed by atoms with Gasteiger partial charge >= 0.3 is 0 Å². The van der Waals surface area contributed by atoms with Gasteiger partial charge in [-0.3, -0.25) is 9.78 Å². The van der Waals surface area contributed by atoms with E-state index in [-0.39, 0.29) is 5.91 Å². The lowest BCUT2D eigenvalue weighted by molar-refractivity contribution is 0.102. The van der Waals surface area contributed by atoms with Crippen molar-refractivity contribution in [2.45, 2.75) is 26.2 Å². The highest BCUT2D eigenvalue weighted by molar-refractivity contribution is 6.03. The molecule has 1 amide bonds. The maximum Gasteiger partial charge on any atom is 0.257 e. The smallest absolute Gasteiger partial charge is 0.257 e. The predicted molar refractivity (Wildman–Crippen MR) is 77.3 cm³/mol. The molecule has 0 spiro atoms. The number of benzene rings is 1. The van der Waals surface area contributed by atoms with Crippen molar-refractivity contribution in [1.29, 1.82) is 0 Å². The zero-order chi connectivity index (χ0) is 13.7. The molecule has 0 aliphatic carbocycles. The number of aromatic nitrogens is 1. The van der Waals surface area contributed by atoms with E-state index in [1.165, 1.54) is 5.56 Å². The second-order valence-electron chi connectivity index (χ2n) is 4.63. The topological polar surface area (TPSA) is 42.0 Å². The van der Waals surface area contributed by atoms with Gasteiger partial charge in [-0.05, 0) is 42.2 Å². The Labute approximate surface area is 113 Å². The number of amides is 1. The lowest BCUT2D eigenvalue weighted by atomic mass is 9.99. The van der Waals surface area contributed by atoms with Crippen molar-refractivity contribution in [1.82, 2.24) is 4.98 Å². The van der Waals surface area contributed by atoms with E-state index in [1.54, 1.807) is 24.5 Å². The van der Waals surface area contributed by atoms with Gasteiger partial charge in [-0.25, -0.2) is 0 Å². The van der Waals surface area contributed by atoms with Crippen molar-refractivity contribution in [3.63, 3.8) is 0 Å². The zero-order valence-corrected chi connectivity index (χ0v) is 11.3. The van der Waals surface area contributed by atoms with Crippen molar-refractivity contribution >= 4 is 11.6 Å². The lowest BCUT2D eigenvalue weighted by Crippen LogP contribution is -2.11. The number of anilines is 1. The van der Waals surface area contributed by atoms with Crippen LogP contribution in [-0.4, -0.2) is 10.9 Å². The highest BCUT2D eigenvalue weighted by Crippen LogP contribution is 2.20. The molecule has 98 valence electrons. The first-order chi connectivity index (χ1) is 9.20. The second kappa shape index (κ2) is 6.14. The van der Waals surface area contributed by atoms with Crippen LogP contribution in [0.2, 0.25) is 0 Å². The molecule has 0 saturated heterocycles. The van der Waals surface area contributed by atoms with Gasteiger partial charge in [0.1, 0.15) is 0 Å². The van der Waals surface area contributed by atoms with Crippen molar-refractivity contribution < 1.29 is 4.79 Å². The fraction of sp³-hybridized carbons (Fsp3) is 0.250. The van der Waals surface area contributed by atoms with Crippen LogP contribution in [0.4, 0.5) is 5.69 Å². The van der Waals surface area contributed by atoms with Crippen LogP contribution in [0, 0.1) is 0 Å². The number of pyridine rings is 1. The summed E-state index contributed by atoms with van der Waals surface area (Å²) in [5.41, 5.74) is 2.66. The highest BCUT2D eigenvalue weighted by atomic mass is 16.1. The van der Waals surface area contributed by atoms with E-state index in [1.807, 2.05) is 12.1 Å². The summed E-state index contributed by atoms with van der Waals surface area (Å²) in [6, 6.07) is 11.5. The van der Waals surface area contributed by atoms with Crippen molar-refractivity contribution in [2.24, 2.45) is 0 Å². The van der Waals surface area contributed by atoms with Gasteiger partial charge in [0.15, 0.2) is 0 Å². The summed E-state index contributed by atoms with van der Waals surface area (Å²) in [6.45, 7) is 4.37. The molecule has 19 heavy (non-hydrogen) atoms. The standard InChI is InChI=1S/C16H18N2O/c1-3-12(2)13-6-8-15(9-7-13)18-16(19)14-5-4-10-17-11-14/h4-12H,3H2,1-2H3,(H,18,19)/t12-/m1/s1. The molecule has 3 heteroatoms. The molecule has 0 saturated carbocycles. The number of nitrogens with zero attached hydrogens (tertiary/aromatic N) is 1. The van der Waals surface area contributed by atoms with Crippen molar-refractivity contribution in [3.8, 4) is 0 Å². The molecule has 0 unspecified atom stereocenters. The first-order valence-electron chi connectivity index (χ1n) is 6.52. The van der Waals surface area contributed by atoms with E-state index in [9.17, 15) is 4.79 Å². The van der Waals surface area contributed by atoms with Crippen LogP contribution in [0.3, 0.4) is 0 Å². The summed E-state index contributed by atoms with van der Waals surface area (Å²) in [5.74, 6) is 0.410. The number of hydrogen-bond acceptors (Lipinski definition) is 2. The molecule has 0 aliphatic heterocycles. The van der Waals surface area contributed by atoms with Crippen molar-refractivity contribution in [3.05, 3.63) is 59.9 Å². The molecule has 2 rings (SSSR count). The van der Waals surface area contributed by atoms with Crippen molar-refractivity contribution in [2.75, 3.05) is 5.32 Å².